The number of benzene rings is 3. The Morgan fingerprint density at radius 2 is 1.58 bits per heavy atom. The molecular formula is C35H33F6N7O4. The number of amides is 4. The number of hydrogen-bond acceptors (Lipinski definition) is 6. The number of H-pyrrole nitrogens is 1. The van der Waals surface area contributed by atoms with Crippen molar-refractivity contribution in [2.45, 2.75) is 31.4 Å². The van der Waals surface area contributed by atoms with E-state index in [4.69, 9.17) is 5.73 Å². The quantitative estimate of drug-likeness (QED) is 0.183. The fraction of sp³-hybridized carbons (Fsp3) is 0.286. The Hall–Kier alpha value is -5.71. The molecule has 52 heavy (non-hydrogen) atoms. The summed E-state index contributed by atoms with van der Waals surface area (Å²) in [6.07, 6.45) is -6.89. The number of nitrogens with one attached hydrogen (secondary N) is 2. The first-order valence-electron chi connectivity index (χ1n) is 15.8. The van der Waals surface area contributed by atoms with Gasteiger partial charge in [-0.1, -0.05) is 18.2 Å². The highest BCUT2D eigenvalue weighted by molar-refractivity contribution is 6.06. The predicted molar refractivity (Wildman–Crippen MR) is 176 cm³/mol. The molecule has 0 spiro atoms. The van der Waals surface area contributed by atoms with Crippen molar-refractivity contribution in [3.8, 4) is 0 Å². The number of fused-ring (bicyclic) bond motifs is 1. The Morgan fingerprint density at radius 1 is 0.923 bits per heavy atom. The lowest BCUT2D eigenvalue weighted by Gasteiger charge is -2.36. The van der Waals surface area contributed by atoms with E-state index in [0.717, 1.165) is 0 Å². The molecule has 0 saturated carbocycles. The number of aromatic amines is 1. The summed E-state index contributed by atoms with van der Waals surface area (Å²) in [5.74, 6) is -2.32. The Bertz CT molecular complexity index is 1930. The third-order valence-corrected chi connectivity index (χ3v) is 8.34. The van der Waals surface area contributed by atoms with E-state index in [2.05, 4.69) is 15.3 Å². The van der Waals surface area contributed by atoms with E-state index < -0.39 is 58.7 Å². The number of nitrogens with zero attached hydrogens (tertiary/aromatic N) is 4. The largest absolute Gasteiger partial charge is 0.416 e. The van der Waals surface area contributed by atoms with Gasteiger partial charge in [-0.3, -0.25) is 19.2 Å². The SMILES string of the molecule is CN(C)CCN(CC(N)=O)C(=O)c1ccc(CN2C(=O)c3cc(NC(=O)c4cc(C(F)(F)F)cc(C(F)(F)F)c4)ccc3CC2c2ncc[nH]2)cc1. The minimum Gasteiger partial charge on any atom is -0.368 e. The molecule has 1 unspecified atom stereocenters. The summed E-state index contributed by atoms with van der Waals surface area (Å²) >= 11 is 0. The van der Waals surface area contributed by atoms with Crippen molar-refractivity contribution in [3.63, 3.8) is 0 Å². The maximum Gasteiger partial charge on any atom is 0.416 e. The van der Waals surface area contributed by atoms with Crippen LogP contribution in [0, 0.1) is 0 Å². The van der Waals surface area contributed by atoms with E-state index in [-0.39, 0.29) is 43.4 Å². The van der Waals surface area contributed by atoms with E-state index in [1.165, 1.54) is 34.2 Å². The number of anilines is 1. The molecular weight excluding hydrogens is 696 g/mol. The minimum atomic E-state index is -5.14. The highest BCUT2D eigenvalue weighted by Crippen LogP contribution is 2.37. The van der Waals surface area contributed by atoms with Crippen molar-refractivity contribution < 1.29 is 45.5 Å². The van der Waals surface area contributed by atoms with Crippen LogP contribution in [0.2, 0.25) is 0 Å². The summed E-state index contributed by atoms with van der Waals surface area (Å²) in [7, 11) is 3.65. The Morgan fingerprint density at radius 3 is 2.13 bits per heavy atom. The summed E-state index contributed by atoms with van der Waals surface area (Å²) in [6.45, 7) is 0.544. The van der Waals surface area contributed by atoms with Crippen molar-refractivity contribution in [1.82, 2.24) is 24.7 Å². The van der Waals surface area contributed by atoms with Gasteiger partial charge < -0.3 is 30.7 Å². The number of rotatable bonds is 11. The van der Waals surface area contributed by atoms with Crippen molar-refractivity contribution in [2.24, 2.45) is 5.73 Å². The summed E-state index contributed by atoms with van der Waals surface area (Å²) in [5, 5.41) is 2.31. The van der Waals surface area contributed by atoms with Crippen LogP contribution in [0.15, 0.2) is 73.1 Å². The minimum absolute atomic E-state index is 0.0304. The number of carbonyl (C=O) groups is 4. The number of nitrogens with two attached hydrogens (primary N) is 1. The number of aromatic nitrogens is 2. The lowest BCUT2D eigenvalue weighted by molar-refractivity contribution is -0.143. The number of alkyl halides is 6. The van der Waals surface area contributed by atoms with E-state index in [9.17, 15) is 45.5 Å². The highest BCUT2D eigenvalue weighted by atomic mass is 19.4. The van der Waals surface area contributed by atoms with Crippen molar-refractivity contribution in [3.05, 3.63) is 118 Å². The molecule has 5 rings (SSSR count). The van der Waals surface area contributed by atoms with Crippen LogP contribution in [-0.4, -0.2) is 82.0 Å². The number of primary amides is 1. The second-order valence-corrected chi connectivity index (χ2v) is 12.4. The fourth-order valence-corrected chi connectivity index (χ4v) is 5.71. The van der Waals surface area contributed by atoms with Gasteiger partial charge in [-0.25, -0.2) is 4.98 Å². The third kappa shape index (κ3) is 8.77. The number of hydrogen-bond donors (Lipinski definition) is 3. The molecule has 1 aromatic heterocycles. The second-order valence-electron chi connectivity index (χ2n) is 12.4. The second kappa shape index (κ2) is 14.9. The highest BCUT2D eigenvalue weighted by Gasteiger charge is 2.38. The van der Waals surface area contributed by atoms with Gasteiger partial charge >= 0.3 is 12.4 Å². The van der Waals surface area contributed by atoms with Gasteiger partial charge in [0.25, 0.3) is 17.7 Å². The third-order valence-electron chi connectivity index (χ3n) is 8.34. The summed E-state index contributed by atoms with van der Waals surface area (Å²) in [4.78, 5) is 63.9. The summed E-state index contributed by atoms with van der Waals surface area (Å²) in [5.41, 5.74) is 2.81. The molecule has 0 saturated heterocycles. The molecule has 2 heterocycles. The fourth-order valence-electron chi connectivity index (χ4n) is 5.71. The molecule has 0 fully saturated rings. The van der Waals surface area contributed by atoms with E-state index >= 15 is 0 Å². The molecule has 4 N–H and O–H groups in total. The average Bonchev–Trinajstić information content (AvgIpc) is 3.62. The van der Waals surface area contributed by atoms with Crippen LogP contribution < -0.4 is 11.1 Å². The molecule has 0 aliphatic carbocycles. The normalized spacial score (nSPS) is 14.7. The first kappa shape index (κ1) is 37.5. The summed E-state index contributed by atoms with van der Waals surface area (Å²) < 4.78 is 80.3. The average molecular weight is 730 g/mol. The van der Waals surface area contributed by atoms with E-state index in [1.807, 2.05) is 19.0 Å². The number of carbonyl (C=O) groups excluding carboxylic acids is 4. The van der Waals surface area contributed by atoms with Gasteiger partial charge in [-0.05, 0) is 67.7 Å². The van der Waals surface area contributed by atoms with Crippen LogP contribution in [0.1, 0.15) is 65.2 Å². The Balaban J connectivity index is 1.40. The standard InChI is InChI=1S/C35H33F6N7O4/c1-46(2)11-12-47(19-29(42)49)32(51)21-5-3-20(4-6-21)18-48-28(30-43-9-10-44-30)15-22-7-8-26(17-27(22)33(48)52)45-31(50)23-13-24(34(36,37)38)16-25(14-23)35(39,40)41/h3-10,13-14,16-17,28H,11-12,15,18-19H2,1-2H3,(H2,42,49)(H,43,44)(H,45,50). The molecule has 11 nitrogen and oxygen atoms in total. The zero-order valence-corrected chi connectivity index (χ0v) is 27.8. The predicted octanol–water partition coefficient (Wildman–Crippen LogP) is 5.13. The van der Waals surface area contributed by atoms with Crippen molar-refractivity contribution in [2.75, 3.05) is 39.0 Å². The molecule has 3 aromatic carbocycles. The van der Waals surface area contributed by atoms with Crippen LogP contribution in [0.4, 0.5) is 32.0 Å². The van der Waals surface area contributed by atoms with Gasteiger partial charge in [-0.2, -0.15) is 26.3 Å². The number of imidazole rings is 1. The van der Waals surface area contributed by atoms with Crippen LogP contribution in [0.5, 0.6) is 0 Å². The summed E-state index contributed by atoms with van der Waals surface area (Å²) in [6, 6.07) is 10.7. The molecule has 1 atom stereocenters. The Labute approximate surface area is 293 Å². The van der Waals surface area contributed by atoms with E-state index in [0.29, 0.717) is 41.2 Å². The van der Waals surface area contributed by atoms with Gasteiger partial charge in [0, 0.05) is 60.8 Å². The molecule has 0 bridgehead atoms. The van der Waals surface area contributed by atoms with Crippen molar-refractivity contribution >= 4 is 29.3 Å². The molecule has 4 aromatic rings. The molecule has 1 aliphatic heterocycles. The lowest BCUT2D eigenvalue weighted by atomic mass is 9.91. The van der Waals surface area contributed by atoms with Crippen LogP contribution in [-0.2, 0) is 30.1 Å². The van der Waals surface area contributed by atoms with Crippen molar-refractivity contribution in [1.29, 1.82) is 0 Å². The molecule has 4 amide bonds. The van der Waals surface area contributed by atoms with Gasteiger partial charge in [0.1, 0.15) is 5.82 Å². The zero-order valence-electron chi connectivity index (χ0n) is 27.8. The zero-order chi connectivity index (χ0) is 38.0. The van der Waals surface area contributed by atoms with Crippen LogP contribution >= 0.6 is 0 Å². The maximum absolute atomic E-state index is 14.1. The molecule has 0 radical (unpaired) electrons. The van der Waals surface area contributed by atoms with Gasteiger partial charge in [0.2, 0.25) is 5.91 Å². The molecule has 17 heteroatoms. The van der Waals surface area contributed by atoms with Gasteiger partial charge in [0.05, 0.1) is 23.7 Å². The smallest absolute Gasteiger partial charge is 0.368 e. The van der Waals surface area contributed by atoms with Gasteiger partial charge in [-0.15, -0.1) is 0 Å². The maximum atomic E-state index is 14.1. The number of likely N-dealkylation sites (N-methyl/N-ethyl adjacent to an activating group) is 1. The first-order valence-corrected chi connectivity index (χ1v) is 15.8. The first-order chi connectivity index (χ1) is 24.4. The molecule has 274 valence electrons. The monoisotopic (exact) mass is 729 g/mol. The van der Waals surface area contributed by atoms with Gasteiger partial charge in [0.15, 0.2) is 0 Å². The Kier molecular flexibility index (Phi) is 10.7. The number of halogens is 6. The molecule has 1 aliphatic rings. The van der Waals surface area contributed by atoms with E-state index in [1.54, 1.807) is 30.5 Å². The van der Waals surface area contributed by atoms with Crippen LogP contribution in [0.3, 0.4) is 0 Å². The van der Waals surface area contributed by atoms with Crippen LogP contribution in [0.25, 0.3) is 0 Å². The lowest BCUT2D eigenvalue weighted by Crippen LogP contribution is -2.42. The topological polar surface area (TPSA) is 145 Å².